The molecule has 0 unspecified atom stereocenters. The number of halogens is 1. The highest BCUT2D eigenvalue weighted by Gasteiger charge is 2.48. The second-order valence-electron chi connectivity index (χ2n) is 8.32. The summed E-state index contributed by atoms with van der Waals surface area (Å²) >= 11 is 3.72. The van der Waals surface area contributed by atoms with E-state index >= 15 is 0 Å². The first-order chi connectivity index (χ1) is 16.3. The van der Waals surface area contributed by atoms with E-state index in [9.17, 15) is 0 Å². The van der Waals surface area contributed by atoms with Gasteiger partial charge in [-0.15, -0.1) is 0 Å². The van der Waals surface area contributed by atoms with E-state index in [1.807, 2.05) is 0 Å². The van der Waals surface area contributed by atoms with Crippen LogP contribution in [0.5, 0.6) is 0 Å². The third-order valence-electron chi connectivity index (χ3n) is 6.54. The first kappa shape index (κ1) is 20.0. The van der Waals surface area contributed by atoms with Crippen LogP contribution in [0.3, 0.4) is 0 Å². The minimum Gasteiger partial charge on any atom is -0.322 e. The molecule has 0 aliphatic carbocycles. The molecule has 5 aromatic carbocycles. The van der Waals surface area contributed by atoms with Crippen LogP contribution in [0.25, 0.3) is 11.1 Å². The predicted octanol–water partition coefficient (Wildman–Crippen LogP) is 8.56. The largest absolute Gasteiger partial charge is 0.322 e. The highest BCUT2D eigenvalue weighted by atomic mass is 79.9. The van der Waals surface area contributed by atoms with Crippen LogP contribution in [0.15, 0.2) is 138 Å². The molecular weight excluding hydrogens is 466 g/mol. The molecule has 1 heterocycles. The molecule has 1 aliphatic heterocycles. The van der Waals surface area contributed by atoms with E-state index in [0.717, 1.165) is 10.2 Å². The van der Waals surface area contributed by atoms with Crippen LogP contribution in [0.2, 0.25) is 0 Å². The molecule has 1 aliphatic rings. The Morgan fingerprint density at radius 3 is 1.70 bits per heavy atom. The Balaban J connectivity index is 1.83. The average molecular weight is 488 g/mol. The van der Waals surface area contributed by atoms with E-state index in [-0.39, 0.29) is 0 Å². The van der Waals surface area contributed by atoms with Crippen molar-refractivity contribution in [2.24, 2.45) is 0 Å². The standard InChI is InChI=1S/C31H22BrN/c32-25-20-21-30-28(22-25)27-18-10-11-19-29(27)31(23-12-4-1-5-13-23,24-14-6-2-7-15-24)33(30)26-16-8-3-9-17-26/h1-22H. The van der Waals surface area contributed by atoms with Gasteiger partial charge < -0.3 is 4.90 Å². The van der Waals surface area contributed by atoms with E-state index in [2.05, 4.69) is 154 Å². The van der Waals surface area contributed by atoms with Gasteiger partial charge in [0.2, 0.25) is 0 Å². The van der Waals surface area contributed by atoms with Crippen molar-refractivity contribution in [3.63, 3.8) is 0 Å². The maximum absolute atomic E-state index is 3.72. The predicted molar refractivity (Wildman–Crippen MR) is 141 cm³/mol. The number of hydrogen-bond donors (Lipinski definition) is 0. The topological polar surface area (TPSA) is 3.24 Å². The molecule has 0 saturated carbocycles. The van der Waals surface area contributed by atoms with Gasteiger partial charge in [0.1, 0.15) is 5.54 Å². The molecule has 33 heavy (non-hydrogen) atoms. The van der Waals surface area contributed by atoms with Crippen molar-refractivity contribution < 1.29 is 0 Å². The van der Waals surface area contributed by atoms with E-state index in [4.69, 9.17) is 0 Å². The van der Waals surface area contributed by atoms with Crippen molar-refractivity contribution >= 4 is 27.3 Å². The van der Waals surface area contributed by atoms with E-state index in [1.165, 1.54) is 33.5 Å². The van der Waals surface area contributed by atoms with Gasteiger partial charge in [-0.1, -0.05) is 119 Å². The number of nitrogens with zero attached hydrogens (tertiary/aromatic N) is 1. The quantitative estimate of drug-likeness (QED) is 0.246. The maximum Gasteiger partial charge on any atom is 0.121 e. The van der Waals surface area contributed by atoms with Gasteiger partial charge in [-0.3, -0.25) is 0 Å². The summed E-state index contributed by atoms with van der Waals surface area (Å²) in [5.74, 6) is 0. The van der Waals surface area contributed by atoms with Gasteiger partial charge in [0.25, 0.3) is 0 Å². The third-order valence-corrected chi connectivity index (χ3v) is 7.03. The summed E-state index contributed by atoms with van der Waals surface area (Å²) in [7, 11) is 0. The fraction of sp³-hybridized carbons (Fsp3) is 0.0323. The summed E-state index contributed by atoms with van der Waals surface area (Å²) in [6, 6.07) is 48.0. The zero-order valence-corrected chi connectivity index (χ0v) is 19.6. The number of benzene rings is 5. The Hall–Kier alpha value is -3.62. The molecule has 0 aromatic heterocycles. The normalized spacial score (nSPS) is 13.8. The van der Waals surface area contributed by atoms with Gasteiger partial charge in [-0.2, -0.15) is 0 Å². The van der Waals surface area contributed by atoms with Crippen LogP contribution < -0.4 is 4.90 Å². The van der Waals surface area contributed by atoms with Crippen LogP contribution in [-0.2, 0) is 5.54 Å². The van der Waals surface area contributed by atoms with Gasteiger partial charge in [-0.25, -0.2) is 0 Å². The molecule has 0 saturated heterocycles. The SMILES string of the molecule is Brc1ccc2c(c1)-c1ccccc1C(c1ccccc1)(c1ccccc1)N2c1ccccc1. The zero-order chi connectivity index (χ0) is 22.3. The second kappa shape index (κ2) is 8.06. The van der Waals surface area contributed by atoms with Gasteiger partial charge >= 0.3 is 0 Å². The minimum absolute atomic E-state index is 0.526. The monoisotopic (exact) mass is 487 g/mol. The summed E-state index contributed by atoms with van der Waals surface area (Å²) in [5.41, 5.74) is 8.06. The Labute approximate surface area is 203 Å². The molecule has 0 bridgehead atoms. The number of rotatable bonds is 3. The lowest BCUT2D eigenvalue weighted by atomic mass is 9.70. The number of hydrogen-bond acceptors (Lipinski definition) is 1. The van der Waals surface area contributed by atoms with Crippen molar-refractivity contribution in [3.05, 3.63) is 155 Å². The van der Waals surface area contributed by atoms with Crippen LogP contribution >= 0.6 is 15.9 Å². The van der Waals surface area contributed by atoms with Gasteiger partial charge in [0, 0.05) is 15.7 Å². The summed E-state index contributed by atoms with van der Waals surface area (Å²) in [5, 5.41) is 0. The van der Waals surface area contributed by atoms with E-state index < -0.39 is 5.54 Å². The lowest BCUT2D eigenvalue weighted by Crippen LogP contribution is -2.48. The Morgan fingerprint density at radius 2 is 1.06 bits per heavy atom. The lowest BCUT2D eigenvalue weighted by Gasteiger charge is -2.51. The van der Waals surface area contributed by atoms with Gasteiger partial charge in [-0.05, 0) is 52.6 Å². The molecule has 5 aromatic rings. The molecule has 1 nitrogen and oxygen atoms in total. The molecule has 0 fully saturated rings. The van der Waals surface area contributed by atoms with E-state index in [0.29, 0.717) is 0 Å². The first-order valence-corrected chi connectivity index (χ1v) is 12.0. The van der Waals surface area contributed by atoms with Crippen molar-refractivity contribution in [2.75, 3.05) is 4.90 Å². The molecule has 2 heteroatoms. The fourth-order valence-corrected chi connectivity index (χ4v) is 5.62. The number of anilines is 2. The van der Waals surface area contributed by atoms with Crippen LogP contribution in [0.4, 0.5) is 11.4 Å². The average Bonchev–Trinajstić information content (AvgIpc) is 2.89. The second-order valence-corrected chi connectivity index (χ2v) is 9.24. The van der Waals surface area contributed by atoms with Crippen LogP contribution in [0.1, 0.15) is 16.7 Å². The highest BCUT2D eigenvalue weighted by molar-refractivity contribution is 9.10. The summed E-state index contributed by atoms with van der Waals surface area (Å²) < 4.78 is 1.08. The van der Waals surface area contributed by atoms with Crippen molar-refractivity contribution in [1.82, 2.24) is 0 Å². The summed E-state index contributed by atoms with van der Waals surface area (Å²) in [6.45, 7) is 0. The van der Waals surface area contributed by atoms with Crippen molar-refractivity contribution in [2.45, 2.75) is 5.54 Å². The van der Waals surface area contributed by atoms with Crippen LogP contribution in [0, 0.1) is 0 Å². The Morgan fingerprint density at radius 1 is 0.515 bits per heavy atom. The molecule has 0 amide bonds. The molecule has 0 radical (unpaired) electrons. The molecule has 0 spiro atoms. The smallest absolute Gasteiger partial charge is 0.121 e. The van der Waals surface area contributed by atoms with Crippen molar-refractivity contribution in [1.29, 1.82) is 0 Å². The minimum atomic E-state index is -0.526. The molecule has 158 valence electrons. The van der Waals surface area contributed by atoms with Crippen LogP contribution in [-0.4, -0.2) is 0 Å². The molecule has 0 atom stereocenters. The first-order valence-electron chi connectivity index (χ1n) is 11.2. The molecule has 0 N–H and O–H groups in total. The van der Waals surface area contributed by atoms with Gasteiger partial charge in [0.15, 0.2) is 0 Å². The Kier molecular flexibility index (Phi) is 4.89. The third kappa shape index (κ3) is 3.06. The van der Waals surface area contributed by atoms with Gasteiger partial charge in [0.05, 0.1) is 5.69 Å². The summed E-state index contributed by atoms with van der Waals surface area (Å²) in [4.78, 5) is 2.52. The molecule has 6 rings (SSSR count). The molecular formula is C31H22BrN. The Bertz CT molecular complexity index is 1370. The highest BCUT2D eigenvalue weighted by Crippen LogP contribution is 2.57. The lowest BCUT2D eigenvalue weighted by molar-refractivity contribution is 0.622. The maximum atomic E-state index is 3.72. The fourth-order valence-electron chi connectivity index (χ4n) is 5.26. The zero-order valence-electron chi connectivity index (χ0n) is 18.0. The van der Waals surface area contributed by atoms with Crippen molar-refractivity contribution in [3.8, 4) is 11.1 Å². The van der Waals surface area contributed by atoms with E-state index in [1.54, 1.807) is 0 Å². The summed E-state index contributed by atoms with van der Waals surface area (Å²) in [6.07, 6.45) is 0. The number of para-hydroxylation sites is 1. The number of fused-ring (bicyclic) bond motifs is 3.